The van der Waals surface area contributed by atoms with Crippen LogP contribution in [-0.2, 0) is 0 Å². The molecule has 2 rings (SSSR count). The van der Waals surface area contributed by atoms with Gasteiger partial charge in [-0.25, -0.2) is 0 Å². The Labute approximate surface area is 88.1 Å². The summed E-state index contributed by atoms with van der Waals surface area (Å²) in [5.41, 5.74) is 0.404. The van der Waals surface area contributed by atoms with Crippen molar-refractivity contribution in [3.63, 3.8) is 0 Å². The lowest BCUT2D eigenvalue weighted by Gasteiger charge is -2.35. The van der Waals surface area contributed by atoms with Gasteiger partial charge in [0.2, 0.25) is 0 Å². The first-order valence-corrected chi connectivity index (χ1v) is 6.11. The van der Waals surface area contributed by atoms with Gasteiger partial charge in [0.05, 0.1) is 0 Å². The summed E-state index contributed by atoms with van der Waals surface area (Å²) in [5, 5.41) is 3.76. The molecule has 1 saturated carbocycles. The highest BCUT2D eigenvalue weighted by molar-refractivity contribution is 5.01. The van der Waals surface area contributed by atoms with Crippen LogP contribution in [0.2, 0.25) is 0 Å². The van der Waals surface area contributed by atoms with Gasteiger partial charge in [0.15, 0.2) is 0 Å². The second-order valence-electron chi connectivity index (χ2n) is 5.54. The summed E-state index contributed by atoms with van der Waals surface area (Å²) < 4.78 is 0. The van der Waals surface area contributed by atoms with Crippen molar-refractivity contribution in [2.24, 2.45) is 5.92 Å². The monoisotopic (exact) mass is 196 g/mol. The molecule has 1 heterocycles. The van der Waals surface area contributed by atoms with Crippen LogP contribution in [0.5, 0.6) is 0 Å². The second-order valence-corrected chi connectivity index (χ2v) is 5.54. The fourth-order valence-corrected chi connectivity index (χ4v) is 2.65. The van der Waals surface area contributed by atoms with Crippen LogP contribution in [0.1, 0.15) is 40.0 Å². The summed E-state index contributed by atoms with van der Waals surface area (Å²) in [6, 6.07) is 0.702. The third-order valence-electron chi connectivity index (χ3n) is 3.89. The molecule has 1 saturated heterocycles. The molecule has 2 fully saturated rings. The largest absolute Gasteiger partial charge is 0.310 e. The molecule has 1 N–H and O–H groups in total. The number of nitrogens with one attached hydrogen (secondary N) is 1. The summed E-state index contributed by atoms with van der Waals surface area (Å²) >= 11 is 0. The van der Waals surface area contributed by atoms with Gasteiger partial charge in [-0.3, -0.25) is 4.90 Å². The van der Waals surface area contributed by atoms with Crippen LogP contribution in [0, 0.1) is 5.92 Å². The Hall–Kier alpha value is -0.0800. The summed E-state index contributed by atoms with van der Waals surface area (Å²) in [7, 11) is 0. The molecule has 0 amide bonds. The standard InChI is InChI=1S/C12H24N2/c1-10(2)14-8-4-7-13-12(3,9-14)11-5-6-11/h10-11,13H,4-9H2,1-3H3. The van der Waals surface area contributed by atoms with Crippen LogP contribution in [0.3, 0.4) is 0 Å². The maximum absolute atomic E-state index is 3.76. The molecule has 1 aliphatic heterocycles. The lowest BCUT2D eigenvalue weighted by atomic mass is 9.95. The van der Waals surface area contributed by atoms with Crippen molar-refractivity contribution in [1.29, 1.82) is 0 Å². The quantitative estimate of drug-likeness (QED) is 0.725. The second kappa shape index (κ2) is 3.82. The molecule has 2 heteroatoms. The van der Waals surface area contributed by atoms with E-state index < -0.39 is 0 Å². The molecule has 1 atom stereocenters. The molecule has 1 unspecified atom stereocenters. The lowest BCUT2D eigenvalue weighted by molar-refractivity contribution is 0.168. The van der Waals surface area contributed by atoms with Crippen molar-refractivity contribution in [1.82, 2.24) is 10.2 Å². The van der Waals surface area contributed by atoms with Gasteiger partial charge in [0.1, 0.15) is 0 Å². The SMILES string of the molecule is CC(C)N1CCCNC(C)(C2CC2)C1. The van der Waals surface area contributed by atoms with Gasteiger partial charge in [-0.2, -0.15) is 0 Å². The Kier molecular flexibility index (Phi) is 2.85. The predicted octanol–water partition coefficient (Wildman–Crippen LogP) is 1.86. The first-order valence-electron chi connectivity index (χ1n) is 6.11. The van der Waals surface area contributed by atoms with Crippen LogP contribution in [0.25, 0.3) is 0 Å². The molecule has 2 nitrogen and oxygen atoms in total. The van der Waals surface area contributed by atoms with Crippen molar-refractivity contribution in [2.75, 3.05) is 19.6 Å². The summed E-state index contributed by atoms with van der Waals surface area (Å²) in [4.78, 5) is 2.64. The first-order chi connectivity index (χ1) is 6.62. The molecule has 0 aromatic rings. The third-order valence-corrected chi connectivity index (χ3v) is 3.89. The highest BCUT2D eigenvalue weighted by Crippen LogP contribution is 2.40. The van der Waals surface area contributed by atoms with Gasteiger partial charge in [-0.15, -0.1) is 0 Å². The van der Waals surface area contributed by atoms with E-state index in [-0.39, 0.29) is 0 Å². The van der Waals surface area contributed by atoms with Gasteiger partial charge < -0.3 is 5.32 Å². The van der Waals surface area contributed by atoms with Crippen molar-refractivity contribution >= 4 is 0 Å². The normalized spacial score (nSPS) is 36.0. The van der Waals surface area contributed by atoms with Gasteiger partial charge in [-0.05, 0) is 59.0 Å². The van der Waals surface area contributed by atoms with Crippen molar-refractivity contribution < 1.29 is 0 Å². The predicted molar refractivity (Wildman–Crippen MR) is 60.5 cm³/mol. The number of hydrogen-bond acceptors (Lipinski definition) is 2. The van der Waals surface area contributed by atoms with Crippen LogP contribution in [0.15, 0.2) is 0 Å². The minimum absolute atomic E-state index is 0.404. The van der Waals surface area contributed by atoms with Gasteiger partial charge in [-0.1, -0.05) is 0 Å². The van der Waals surface area contributed by atoms with Crippen LogP contribution in [0.4, 0.5) is 0 Å². The molecule has 0 aromatic carbocycles. The molecule has 0 spiro atoms. The fourth-order valence-electron chi connectivity index (χ4n) is 2.65. The van der Waals surface area contributed by atoms with Gasteiger partial charge in [0.25, 0.3) is 0 Å². The van der Waals surface area contributed by atoms with E-state index in [0.717, 1.165) is 5.92 Å². The maximum atomic E-state index is 3.76. The molecule has 14 heavy (non-hydrogen) atoms. The molecule has 0 radical (unpaired) electrons. The average molecular weight is 196 g/mol. The van der Waals surface area contributed by atoms with E-state index in [0.29, 0.717) is 11.6 Å². The van der Waals surface area contributed by atoms with E-state index in [1.165, 1.54) is 38.9 Å². The number of rotatable bonds is 2. The van der Waals surface area contributed by atoms with E-state index in [1.54, 1.807) is 0 Å². The molecule has 0 aromatic heterocycles. The zero-order valence-corrected chi connectivity index (χ0v) is 9.84. The molecular weight excluding hydrogens is 172 g/mol. The molecule has 2 aliphatic rings. The number of hydrogen-bond donors (Lipinski definition) is 1. The van der Waals surface area contributed by atoms with E-state index in [4.69, 9.17) is 0 Å². The summed E-state index contributed by atoms with van der Waals surface area (Å²) in [6.07, 6.45) is 4.19. The third kappa shape index (κ3) is 2.12. The fraction of sp³-hybridized carbons (Fsp3) is 1.00. The molecule has 82 valence electrons. The molecular formula is C12H24N2. The Balaban J connectivity index is 2.02. The van der Waals surface area contributed by atoms with Crippen LogP contribution >= 0.6 is 0 Å². The summed E-state index contributed by atoms with van der Waals surface area (Å²) in [6.45, 7) is 10.8. The van der Waals surface area contributed by atoms with Crippen LogP contribution < -0.4 is 5.32 Å². The van der Waals surface area contributed by atoms with E-state index in [9.17, 15) is 0 Å². The zero-order chi connectivity index (χ0) is 10.2. The zero-order valence-electron chi connectivity index (χ0n) is 9.84. The average Bonchev–Trinajstić information content (AvgIpc) is 2.88. The van der Waals surface area contributed by atoms with Gasteiger partial charge in [0, 0.05) is 18.1 Å². The molecule has 0 bridgehead atoms. The van der Waals surface area contributed by atoms with Crippen molar-refractivity contribution in [3.8, 4) is 0 Å². The smallest absolute Gasteiger partial charge is 0.0308 e. The first kappa shape index (κ1) is 10.4. The highest BCUT2D eigenvalue weighted by Gasteiger charge is 2.43. The van der Waals surface area contributed by atoms with Crippen LogP contribution in [-0.4, -0.2) is 36.1 Å². The molecule has 1 aliphatic carbocycles. The Morgan fingerprint density at radius 2 is 2.07 bits per heavy atom. The summed E-state index contributed by atoms with van der Waals surface area (Å²) in [5.74, 6) is 0.946. The van der Waals surface area contributed by atoms with E-state index >= 15 is 0 Å². The minimum Gasteiger partial charge on any atom is -0.310 e. The van der Waals surface area contributed by atoms with E-state index in [1.807, 2.05) is 0 Å². The van der Waals surface area contributed by atoms with Gasteiger partial charge >= 0.3 is 0 Å². The highest BCUT2D eigenvalue weighted by atomic mass is 15.2. The van der Waals surface area contributed by atoms with E-state index in [2.05, 4.69) is 31.0 Å². The Bertz CT molecular complexity index is 198. The minimum atomic E-state index is 0.404. The Morgan fingerprint density at radius 3 is 2.64 bits per heavy atom. The number of nitrogens with zero attached hydrogens (tertiary/aromatic N) is 1. The lowest BCUT2D eigenvalue weighted by Crippen LogP contribution is -2.52. The topological polar surface area (TPSA) is 15.3 Å². The Morgan fingerprint density at radius 1 is 1.36 bits per heavy atom. The van der Waals surface area contributed by atoms with Crippen molar-refractivity contribution in [2.45, 2.75) is 51.6 Å². The van der Waals surface area contributed by atoms with Crippen molar-refractivity contribution in [3.05, 3.63) is 0 Å². The maximum Gasteiger partial charge on any atom is 0.0308 e.